The normalized spacial score (nSPS) is 20.9. The summed E-state index contributed by atoms with van der Waals surface area (Å²) >= 11 is 0. The molecule has 186 valence electrons. The molecule has 0 aromatic carbocycles. The number of aromatic nitrogens is 3. The minimum absolute atomic E-state index is 0.0126. The summed E-state index contributed by atoms with van der Waals surface area (Å²) in [5, 5.41) is 6.34. The number of hydrogen-bond donors (Lipinski definition) is 2. The summed E-state index contributed by atoms with van der Waals surface area (Å²) in [6.07, 6.45) is -3.70. The largest absolute Gasteiger partial charge is 0.420 e. The van der Waals surface area contributed by atoms with Crippen molar-refractivity contribution in [3.63, 3.8) is 0 Å². The van der Waals surface area contributed by atoms with Gasteiger partial charge in [0.2, 0.25) is 5.92 Å². The number of carbonyl (C=O) groups is 1. The molecule has 2 fully saturated rings. The van der Waals surface area contributed by atoms with Crippen LogP contribution in [0.5, 0.6) is 0 Å². The third-order valence-corrected chi connectivity index (χ3v) is 7.79. The first-order valence-electron chi connectivity index (χ1n) is 10.7. The molecule has 2 saturated carbocycles. The van der Waals surface area contributed by atoms with Gasteiger partial charge in [-0.25, -0.2) is 22.8 Å². The highest BCUT2D eigenvalue weighted by molar-refractivity contribution is 7.92. The molecule has 2 heterocycles. The van der Waals surface area contributed by atoms with E-state index in [2.05, 4.69) is 15.4 Å². The Bertz CT molecular complexity index is 1230. The van der Waals surface area contributed by atoms with Gasteiger partial charge in [-0.15, -0.1) is 0 Å². The van der Waals surface area contributed by atoms with E-state index in [9.17, 15) is 31.0 Å². The summed E-state index contributed by atoms with van der Waals surface area (Å²) < 4.78 is 90.4. The molecule has 1 atom stereocenters. The molecule has 0 saturated heterocycles. The quantitative estimate of drug-likeness (QED) is 0.500. The van der Waals surface area contributed by atoms with Crippen molar-refractivity contribution in [1.29, 1.82) is 4.78 Å². The Hall–Kier alpha value is -2.57. The fourth-order valence-electron chi connectivity index (χ4n) is 4.42. The molecule has 0 aliphatic heterocycles. The third kappa shape index (κ3) is 4.80. The number of pyridine rings is 1. The highest BCUT2D eigenvalue weighted by atomic mass is 32.2. The lowest BCUT2D eigenvalue weighted by Crippen LogP contribution is -2.47. The molecular weight excluding hydrogens is 481 g/mol. The van der Waals surface area contributed by atoms with Crippen LogP contribution in [0.4, 0.5) is 27.6 Å². The van der Waals surface area contributed by atoms with E-state index in [1.807, 2.05) is 0 Å². The van der Waals surface area contributed by atoms with Gasteiger partial charge in [0, 0.05) is 42.9 Å². The van der Waals surface area contributed by atoms with Crippen molar-refractivity contribution in [2.75, 3.05) is 11.1 Å². The Morgan fingerprint density at radius 3 is 2.50 bits per heavy atom. The Morgan fingerprint density at radius 2 is 1.97 bits per heavy atom. The fraction of sp³-hybridized carbons (Fsp3) is 0.571. The number of hydrogen-bond acceptors (Lipinski definition) is 5. The monoisotopic (exact) mass is 505 g/mol. The summed E-state index contributed by atoms with van der Waals surface area (Å²) in [6.45, 7) is 2.79. The molecule has 2 aliphatic carbocycles. The molecule has 1 amide bonds. The summed E-state index contributed by atoms with van der Waals surface area (Å²) in [5.41, 5.74) is -3.14. The van der Waals surface area contributed by atoms with Crippen LogP contribution in [0.15, 0.2) is 23.4 Å². The van der Waals surface area contributed by atoms with E-state index in [0.717, 1.165) is 4.68 Å². The molecule has 0 radical (unpaired) electrons. The number of halogens is 5. The van der Waals surface area contributed by atoms with Crippen molar-refractivity contribution in [2.24, 2.45) is 5.41 Å². The molecule has 34 heavy (non-hydrogen) atoms. The number of rotatable bonds is 7. The molecule has 2 N–H and O–H groups in total. The van der Waals surface area contributed by atoms with E-state index in [-0.39, 0.29) is 28.7 Å². The molecule has 4 rings (SSSR count). The van der Waals surface area contributed by atoms with E-state index < -0.39 is 63.2 Å². The van der Waals surface area contributed by atoms with Crippen LogP contribution < -0.4 is 5.32 Å². The fourth-order valence-corrected chi connectivity index (χ4v) is 5.27. The van der Waals surface area contributed by atoms with Crippen molar-refractivity contribution >= 4 is 21.3 Å². The van der Waals surface area contributed by atoms with Gasteiger partial charge in [-0.1, -0.05) is 13.8 Å². The highest BCUT2D eigenvalue weighted by Gasteiger charge is 2.55. The van der Waals surface area contributed by atoms with Crippen LogP contribution in [0.3, 0.4) is 0 Å². The van der Waals surface area contributed by atoms with Crippen LogP contribution in [0.1, 0.15) is 67.2 Å². The number of nitrogens with zero attached hydrogens (tertiary/aromatic N) is 3. The molecule has 0 spiro atoms. The highest BCUT2D eigenvalue weighted by Crippen LogP contribution is 2.53. The van der Waals surface area contributed by atoms with E-state index in [1.54, 1.807) is 0 Å². The Morgan fingerprint density at radius 1 is 1.32 bits per heavy atom. The van der Waals surface area contributed by atoms with Crippen LogP contribution in [0.25, 0.3) is 0 Å². The zero-order chi connectivity index (χ0) is 25.1. The van der Waals surface area contributed by atoms with Gasteiger partial charge in [-0.2, -0.15) is 18.3 Å². The predicted molar refractivity (Wildman–Crippen MR) is 113 cm³/mol. The van der Waals surface area contributed by atoms with Crippen LogP contribution in [-0.2, 0) is 22.5 Å². The van der Waals surface area contributed by atoms with Gasteiger partial charge < -0.3 is 5.32 Å². The lowest BCUT2D eigenvalue weighted by molar-refractivity contribution is -0.160. The number of nitrogens with one attached hydrogen (secondary N) is 2. The zero-order valence-corrected chi connectivity index (χ0v) is 19.3. The molecular formula is C21H24F5N5O2S. The Labute approximate surface area is 193 Å². The third-order valence-electron chi connectivity index (χ3n) is 6.08. The zero-order valence-electron chi connectivity index (χ0n) is 18.5. The number of amides is 1. The molecule has 13 heteroatoms. The summed E-state index contributed by atoms with van der Waals surface area (Å²) in [4.78, 5) is 17.0. The van der Waals surface area contributed by atoms with E-state index in [0.29, 0.717) is 12.8 Å². The average Bonchev–Trinajstić information content (AvgIpc) is 3.46. The minimum Gasteiger partial charge on any atom is -0.320 e. The molecule has 2 aliphatic rings. The average molecular weight is 506 g/mol. The van der Waals surface area contributed by atoms with E-state index >= 15 is 0 Å². The topological polar surface area (TPSA) is 101 Å². The first-order chi connectivity index (χ1) is 15.6. The van der Waals surface area contributed by atoms with Gasteiger partial charge in [0.15, 0.2) is 0 Å². The standard InChI is InChI=1S/C21H24F5N5O2S/c1-3-34(27,33)14-8-13(6-7-28-14)29-18(32)17-15(21(24,25)26)16(12-4-5-12)30-31(17)11-19(2)9-20(22,23)10-19/h6-8,12,27H,3-5,9-11H2,1-2H3,(H,28,29,32)/t34-/m1/s1. The van der Waals surface area contributed by atoms with Gasteiger partial charge in [0.1, 0.15) is 16.3 Å². The lowest BCUT2D eigenvalue weighted by Gasteiger charge is -2.44. The van der Waals surface area contributed by atoms with Gasteiger partial charge >= 0.3 is 6.18 Å². The Kier molecular flexibility index (Phi) is 5.77. The SMILES string of the molecule is CC[S@@](=N)(=O)c1cc(NC(=O)c2c(C(F)(F)F)c(C3CC3)nn2CC2(C)CC(F)(F)C2)ccn1. The maximum absolute atomic E-state index is 14.1. The van der Waals surface area contributed by atoms with Crippen LogP contribution in [0, 0.1) is 10.2 Å². The van der Waals surface area contributed by atoms with Crippen molar-refractivity contribution in [2.45, 2.75) is 69.1 Å². The number of carbonyl (C=O) groups excluding carboxylic acids is 1. The van der Waals surface area contributed by atoms with Gasteiger partial charge in [0.25, 0.3) is 5.91 Å². The minimum atomic E-state index is -4.88. The smallest absolute Gasteiger partial charge is 0.320 e. The first kappa shape index (κ1) is 24.6. The molecule has 2 aromatic heterocycles. The second-order valence-electron chi connectivity index (χ2n) is 9.36. The molecule has 7 nitrogen and oxygen atoms in total. The number of alkyl halides is 5. The van der Waals surface area contributed by atoms with Crippen LogP contribution >= 0.6 is 0 Å². The van der Waals surface area contributed by atoms with Crippen molar-refractivity contribution in [3.05, 3.63) is 35.3 Å². The predicted octanol–water partition coefficient (Wildman–Crippen LogP) is 5.29. The molecule has 0 unspecified atom stereocenters. The van der Waals surface area contributed by atoms with E-state index in [1.165, 1.54) is 32.2 Å². The second-order valence-corrected chi connectivity index (χ2v) is 11.7. The van der Waals surface area contributed by atoms with Crippen molar-refractivity contribution < 1.29 is 31.0 Å². The molecule has 0 bridgehead atoms. The molecule has 2 aromatic rings. The maximum Gasteiger partial charge on any atom is 0.420 e. The van der Waals surface area contributed by atoms with Crippen LogP contribution in [-0.4, -0.2) is 36.6 Å². The summed E-state index contributed by atoms with van der Waals surface area (Å²) in [5.74, 6) is -4.49. The van der Waals surface area contributed by atoms with E-state index in [4.69, 9.17) is 4.78 Å². The van der Waals surface area contributed by atoms with Gasteiger partial charge in [0.05, 0.1) is 15.4 Å². The second kappa shape index (κ2) is 7.99. The van der Waals surface area contributed by atoms with Gasteiger partial charge in [-0.3, -0.25) is 9.48 Å². The van der Waals surface area contributed by atoms with Crippen LogP contribution in [0.2, 0.25) is 0 Å². The Balaban J connectivity index is 1.74. The first-order valence-corrected chi connectivity index (χ1v) is 12.5. The maximum atomic E-state index is 14.1. The van der Waals surface area contributed by atoms with Gasteiger partial charge in [-0.05, 0) is 30.4 Å². The lowest BCUT2D eigenvalue weighted by atomic mass is 9.67. The number of anilines is 1. The van der Waals surface area contributed by atoms with Crippen molar-refractivity contribution in [1.82, 2.24) is 14.8 Å². The van der Waals surface area contributed by atoms with Crippen molar-refractivity contribution in [3.8, 4) is 0 Å². The summed E-state index contributed by atoms with van der Waals surface area (Å²) in [7, 11) is -3.22. The summed E-state index contributed by atoms with van der Waals surface area (Å²) in [6, 6.07) is 2.48.